The normalized spacial score (nSPS) is 10.2. The van der Waals surface area contributed by atoms with E-state index in [4.69, 9.17) is 0 Å². The molecule has 7 heteroatoms. The van der Waals surface area contributed by atoms with E-state index >= 15 is 0 Å². The number of amides is 1. The first-order chi connectivity index (χ1) is 10.1. The Kier molecular flexibility index (Phi) is 5.21. The molecule has 2 N–H and O–H groups in total. The van der Waals surface area contributed by atoms with Crippen LogP contribution in [0.15, 0.2) is 35.1 Å². The molecular weight excluding hydrogens is 339 g/mol. The maximum atomic E-state index is 13.3. The molecule has 0 saturated carbocycles. The van der Waals surface area contributed by atoms with Crippen molar-refractivity contribution >= 4 is 33.5 Å². The number of anilines is 2. The minimum absolute atomic E-state index is 0.146. The number of hydrogen-bond donors (Lipinski definition) is 2. The third-order valence-electron chi connectivity index (χ3n) is 2.61. The largest absolute Gasteiger partial charge is 0.369 e. The zero-order valence-electron chi connectivity index (χ0n) is 11.4. The van der Waals surface area contributed by atoms with Crippen LogP contribution in [0.5, 0.6) is 0 Å². The van der Waals surface area contributed by atoms with Crippen LogP contribution in [0.25, 0.3) is 0 Å². The Morgan fingerprint density at radius 3 is 2.81 bits per heavy atom. The molecule has 0 aliphatic carbocycles. The monoisotopic (exact) mass is 352 g/mol. The highest BCUT2D eigenvalue weighted by molar-refractivity contribution is 9.10. The molecule has 110 valence electrons. The van der Waals surface area contributed by atoms with Crippen LogP contribution in [0.3, 0.4) is 0 Å². The molecule has 5 nitrogen and oxygen atoms in total. The third kappa shape index (κ3) is 4.22. The second-order valence-corrected chi connectivity index (χ2v) is 5.21. The molecule has 0 atom stereocenters. The Morgan fingerprint density at radius 2 is 2.14 bits per heavy atom. The van der Waals surface area contributed by atoms with Gasteiger partial charge < -0.3 is 10.6 Å². The summed E-state index contributed by atoms with van der Waals surface area (Å²) in [5.41, 5.74) is 0.146. The molecule has 0 radical (unpaired) electrons. The number of pyridine rings is 2. The maximum Gasteiger partial charge on any atom is 0.260 e. The molecule has 2 rings (SSSR count). The second kappa shape index (κ2) is 7.12. The predicted molar refractivity (Wildman–Crippen MR) is 82.9 cm³/mol. The highest BCUT2D eigenvalue weighted by Crippen LogP contribution is 2.16. The van der Waals surface area contributed by atoms with Gasteiger partial charge in [0.2, 0.25) is 0 Å². The summed E-state index contributed by atoms with van der Waals surface area (Å²) in [5.74, 6) is -0.289. The molecule has 0 saturated heterocycles. The van der Waals surface area contributed by atoms with Gasteiger partial charge >= 0.3 is 0 Å². The van der Waals surface area contributed by atoms with Gasteiger partial charge in [0, 0.05) is 17.2 Å². The average molecular weight is 353 g/mol. The molecule has 2 aromatic heterocycles. The van der Waals surface area contributed by atoms with Crippen molar-refractivity contribution in [2.24, 2.45) is 0 Å². The van der Waals surface area contributed by atoms with Crippen LogP contribution in [0.1, 0.15) is 23.7 Å². The van der Waals surface area contributed by atoms with E-state index in [2.05, 4.69) is 36.5 Å². The fourth-order valence-electron chi connectivity index (χ4n) is 1.63. The second-order valence-electron chi connectivity index (χ2n) is 4.29. The quantitative estimate of drug-likeness (QED) is 0.864. The molecular formula is C14H14BrFN4O. The first kappa shape index (κ1) is 15.4. The SMILES string of the molecule is CCCNc1ncc(F)cc1C(=O)Nc1ccc(Br)cn1. The Balaban J connectivity index is 2.20. The lowest BCUT2D eigenvalue weighted by Gasteiger charge is -2.10. The zero-order valence-corrected chi connectivity index (χ0v) is 12.9. The van der Waals surface area contributed by atoms with Crippen molar-refractivity contribution in [1.82, 2.24) is 9.97 Å². The zero-order chi connectivity index (χ0) is 15.2. The van der Waals surface area contributed by atoms with Crippen molar-refractivity contribution in [3.05, 3.63) is 46.4 Å². The molecule has 21 heavy (non-hydrogen) atoms. The number of nitrogens with zero attached hydrogens (tertiary/aromatic N) is 2. The van der Waals surface area contributed by atoms with Crippen LogP contribution in [-0.4, -0.2) is 22.4 Å². The van der Waals surface area contributed by atoms with Crippen LogP contribution < -0.4 is 10.6 Å². The van der Waals surface area contributed by atoms with Crippen molar-refractivity contribution in [1.29, 1.82) is 0 Å². The first-order valence-corrected chi connectivity index (χ1v) is 7.21. The molecule has 0 unspecified atom stereocenters. The van der Waals surface area contributed by atoms with E-state index in [1.54, 1.807) is 18.3 Å². The van der Waals surface area contributed by atoms with Crippen molar-refractivity contribution in [3.63, 3.8) is 0 Å². The topological polar surface area (TPSA) is 66.9 Å². The van der Waals surface area contributed by atoms with Crippen molar-refractivity contribution in [3.8, 4) is 0 Å². The Hall–Kier alpha value is -2.02. The van der Waals surface area contributed by atoms with Gasteiger partial charge in [-0.1, -0.05) is 6.92 Å². The molecule has 0 aliphatic rings. The van der Waals surface area contributed by atoms with Gasteiger partial charge in [0.05, 0.1) is 11.8 Å². The minimum atomic E-state index is -0.564. The summed E-state index contributed by atoms with van der Waals surface area (Å²) in [6, 6.07) is 4.55. The van der Waals surface area contributed by atoms with Crippen molar-refractivity contribution < 1.29 is 9.18 Å². The Bertz CT molecular complexity index is 633. The van der Waals surface area contributed by atoms with Gasteiger partial charge in [-0.25, -0.2) is 14.4 Å². The van der Waals surface area contributed by atoms with Crippen LogP contribution in [0, 0.1) is 5.82 Å². The first-order valence-electron chi connectivity index (χ1n) is 6.42. The van der Waals surface area contributed by atoms with Gasteiger partial charge in [-0.3, -0.25) is 4.79 Å². The summed E-state index contributed by atoms with van der Waals surface area (Å²) < 4.78 is 14.1. The lowest BCUT2D eigenvalue weighted by Crippen LogP contribution is -2.17. The fourth-order valence-corrected chi connectivity index (χ4v) is 1.86. The Labute approximate surface area is 130 Å². The van der Waals surface area contributed by atoms with Gasteiger partial charge in [-0.05, 0) is 40.5 Å². The van der Waals surface area contributed by atoms with E-state index in [0.29, 0.717) is 18.2 Å². The van der Waals surface area contributed by atoms with Gasteiger partial charge in [0.1, 0.15) is 17.5 Å². The summed E-state index contributed by atoms with van der Waals surface area (Å²) in [6.45, 7) is 2.64. The number of aromatic nitrogens is 2. The van der Waals surface area contributed by atoms with Gasteiger partial charge in [-0.2, -0.15) is 0 Å². The van der Waals surface area contributed by atoms with E-state index in [9.17, 15) is 9.18 Å². The molecule has 2 heterocycles. The highest BCUT2D eigenvalue weighted by Gasteiger charge is 2.14. The minimum Gasteiger partial charge on any atom is -0.369 e. The smallest absolute Gasteiger partial charge is 0.260 e. The van der Waals surface area contributed by atoms with E-state index in [-0.39, 0.29) is 5.56 Å². The lowest BCUT2D eigenvalue weighted by atomic mass is 10.2. The number of carbonyl (C=O) groups excluding carboxylic acids is 1. The average Bonchev–Trinajstić information content (AvgIpc) is 2.48. The number of halogens is 2. The number of hydrogen-bond acceptors (Lipinski definition) is 4. The summed E-state index contributed by atoms with van der Waals surface area (Å²) in [6.07, 6.45) is 3.51. The van der Waals surface area contributed by atoms with Crippen molar-refractivity contribution in [2.45, 2.75) is 13.3 Å². The Morgan fingerprint density at radius 1 is 1.33 bits per heavy atom. The van der Waals surface area contributed by atoms with Crippen LogP contribution in [-0.2, 0) is 0 Å². The van der Waals surface area contributed by atoms with Gasteiger partial charge in [0.15, 0.2) is 0 Å². The summed E-state index contributed by atoms with van der Waals surface area (Å²) in [5, 5.41) is 5.61. The van der Waals surface area contributed by atoms with E-state index in [0.717, 1.165) is 23.2 Å². The molecule has 0 bridgehead atoms. The van der Waals surface area contributed by atoms with E-state index < -0.39 is 11.7 Å². The number of rotatable bonds is 5. The fraction of sp³-hybridized carbons (Fsp3) is 0.214. The third-order valence-corrected chi connectivity index (χ3v) is 3.08. The lowest BCUT2D eigenvalue weighted by molar-refractivity contribution is 0.102. The summed E-state index contributed by atoms with van der Waals surface area (Å²) in [7, 11) is 0. The maximum absolute atomic E-state index is 13.3. The van der Waals surface area contributed by atoms with Crippen LogP contribution >= 0.6 is 15.9 Å². The van der Waals surface area contributed by atoms with Crippen LogP contribution in [0.4, 0.5) is 16.0 Å². The molecule has 0 aliphatic heterocycles. The molecule has 0 aromatic carbocycles. The highest BCUT2D eigenvalue weighted by atomic mass is 79.9. The predicted octanol–water partition coefficient (Wildman–Crippen LogP) is 3.45. The van der Waals surface area contributed by atoms with Crippen molar-refractivity contribution in [2.75, 3.05) is 17.2 Å². The molecule has 0 fully saturated rings. The standard InChI is InChI=1S/C14H14BrFN4O/c1-2-5-17-13-11(6-10(16)8-19-13)14(21)20-12-4-3-9(15)7-18-12/h3-4,6-8H,2,5H2,1H3,(H,17,19)(H,18,20,21). The van der Waals surface area contributed by atoms with E-state index in [1.807, 2.05) is 6.92 Å². The van der Waals surface area contributed by atoms with Gasteiger partial charge in [0.25, 0.3) is 5.91 Å². The number of nitrogens with one attached hydrogen (secondary N) is 2. The summed E-state index contributed by atoms with van der Waals surface area (Å²) in [4.78, 5) is 20.2. The number of carbonyl (C=O) groups is 1. The van der Waals surface area contributed by atoms with Gasteiger partial charge in [-0.15, -0.1) is 0 Å². The van der Waals surface area contributed by atoms with Crippen LogP contribution in [0.2, 0.25) is 0 Å². The molecule has 0 spiro atoms. The molecule has 2 aromatic rings. The summed E-state index contributed by atoms with van der Waals surface area (Å²) >= 11 is 3.26. The molecule has 1 amide bonds. The van der Waals surface area contributed by atoms with E-state index in [1.165, 1.54) is 0 Å².